The molecule has 1 saturated carbocycles. The lowest BCUT2D eigenvalue weighted by Gasteiger charge is -2.17. The van der Waals surface area contributed by atoms with Crippen LogP contribution in [0.25, 0.3) is 0 Å². The maximum absolute atomic E-state index is 10.0. The van der Waals surface area contributed by atoms with Crippen LogP contribution in [0.5, 0.6) is 0 Å². The third-order valence-electron chi connectivity index (χ3n) is 4.68. The van der Waals surface area contributed by atoms with Gasteiger partial charge in [-0.15, -0.1) is 0 Å². The number of aliphatic hydroxyl groups is 2. The van der Waals surface area contributed by atoms with Gasteiger partial charge in [-0.1, -0.05) is 31.6 Å². The Morgan fingerprint density at radius 1 is 1.18 bits per heavy atom. The Morgan fingerprint density at radius 2 is 1.82 bits per heavy atom. The number of rotatable bonds is 0. The summed E-state index contributed by atoms with van der Waals surface area (Å²) in [6.45, 7) is 8.56. The molecule has 0 amide bonds. The van der Waals surface area contributed by atoms with Gasteiger partial charge in [0.25, 0.3) is 0 Å². The van der Waals surface area contributed by atoms with Gasteiger partial charge >= 0.3 is 0 Å². The lowest BCUT2D eigenvalue weighted by molar-refractivity contribution is 0.0721. The average Bonchev–Trinajstić information content (AvgIpc) is 2.74. The fourth-order valence-electron chi connectivity index (χ4n) is 3.17. The van der Waals surface area contributed by atoms with E-state index in [2.05, 4.69) is 19.9 Å². The van der Waals surface area contributed by atoms with Crippen LogP contribution in [-0.4, -0.2) is 22.4 Å². The molecule has 4 atom stereocenters. The number of fused-ring (bicyclic) bond motifs is 1. The molecule has 0 heterocycles. The number of aliphatic hydroxyl groups excluding tert-OH is 2. The molecule has 0 aromatic heterocycles. The van der Waals surface area contributed by atoms with Crippen molar-refractivity contribution >= 4 is 0 Å². The molecule has 0 bridgehead atoms. The van der Waals surface area contributed by atoms with Crippen molar-refractivity contribution in [1.82, 2.24) is 0 Å². The van der Waals surface area contributed by atoms with Crippen molar-refractivity contribution < 1.29 is 10.2 Å². The van der Waals surface area contributed by atoms with Crippen LogP contribution in [0.3, 0.4) is 0 Å². The lowest BCUT2D eigenvalue weighted by Crippen LogP contribution is -2.25. The highest BCUT2D eigenvalue weighted by atomic mass is 16.3. The minimum Gasteiger partial charge on any atom is -0.386 e. The fourth-order valence-corrected chi connectivity index (χ4v) is 3.17. The Morgan fingerprint density at radius 3 is 2.47 bits per heavy atom. The van der Waals surface area contributed by atoms with Crippen molar-refractivity contribution in [3.05, 3.63) is 23.3 Å². The first-order valence-electron chi connectivity index (χ1n) is 6.55. The van der Waals surface area contributed by atoms with E-state index in [9.17, 15) is 10.2 Å². The van der Waals surface area contributed by atoms with Crippen molar-refractivity contribution in [1.29, 1.82) is 0 Å². The largest absolute Gasteiger partial charge is 0.386 e. The van der Waals surface area contributed by atoms with Crippen LogP contribution < -0.4 is 0 Å². The van der Waals surface area contributed by atoms with E-state index in [1.165, 1.54) is 12.0 Å². The Balaban J connectivity index is 2.26. The van der Waals surface area contributed by atoms with Crippen LogP contribution in [0.4, 0.5) is 0 Å². The summed E-state index contributed by atoms with van der Waals surface area (Å²) < 4.78 is 0. The van der Waals surface area contributed by atoms with E-state index in [-0.39, 0.29) is 0 Å². The summed E-state index contributed by atoms with van der Waals surface area (Å²) in [6.07, 6.45) is 4.68. The molecule has 2 aliphatic carbocycles. The van der Waals surface area contributed by atoms with Crippen molar-refractivity contribution in [2.45, 2.75) is 52.7 Å². The summed E-state index contributed by atoms with van der Waals surface area (Å²) in [6, 6.07) is 0. The first-order chi connectivity index (χ1) is 7.84. The predicted octanol–water partition coefficient (Wildman–Crippen LogP) is 2.67. The van der Waals surface area contributed by atoms with E-state index in [1.807, 2.05) is 13.8 Å². The Labute approximate surface area is 104 Å². The van der Waals surface area contributed by atoms with Gasteiger partial charge in [-0.25, -0.2) is 0 Å². The second kappa shape index (κ2) is 4.25. The third-order valence-corrected chi connectivity index (χ3v) is 4.68. The second-order valence-corrected chi connectivity index (χ2v) is 6.35. The quantitative estimate of drug-likeness (QED) is 0.635. The van der Waals surface area contributed by atoms with Gasteiger partial charge in [0.2, 0.25) is 0 Å². The minimum atomic E-state index is -0.760. The zero-order valence-electron chi connectivity index (χ0n) is 11.3. The zero-order chi connectivity index (χ0) is 12.8. The monoisotopic (exact) mass is 236 g/mol. The SMILES string of the molecule is CC1=CC(O)C(O)C(C)=CC2C(CC1)C2(C)C. The standard InChI is InChI=1S/C15H24O2/c1-9-5-6-11-12(15(11,3)4)8-10(2)14(17)13(16)7-9/h7-8,11-14,16-17H,5-6H2,1-4H3. The molecule has 17 heavy (non-hydrogen) atoms. The second-order valence-electron chi connectivity index (χ2n) is 6.35. The van der Waals surface area contributed by atoms with Gasteiger partial charge in [-0.05, 0) is 49.5 Å². The molecule has 2 aliphatic rings. The molecular formula is C15H24O2. The Kier molecular flexibility index (Phi) is 3.21. The molecule has 96 valence electrons. The minimum absolute atomic E-state index is 0.358. The molecule has 0 aliphatic heterocycles. The summed E-state index contributed by atoms with van der Waals surface area (Å²) in [5.74, 6) is 1.29. The summed E-state index contributed by atoms with van der Waals surface area (Å²) in [5, 5.41) is 19.9. The molecule has 2 rings (SSSR count). The van der Waals surface area contributed by atoms with Gasteiger partial charge in [0.05, 0.1) is 0 Å². The van der Waals surface area contributed by atoms with E-state index in [1.54, 1.807) is 6.08 Å². The summed E-state index contributed by atoms with van der Waals surface area (Å²) in [4.78, 5) is 0. The predicted molar refractivity (Wildman–Crippen MR) is 69.5 cm³/mol. The molecule has 0 aromatic rings. The van der Waals surface area contributed by atoms with Gasteiger partial charge in [-0.3, -0.25) is 0 Å². The Hall–Kier alpha value is -0.600. The molecule has 2 nitrogen and oxygen atoms in total. The topological polar surface area (TPSA) is 40.5 Å². The summed E-state index contributed by atoms with van der Waals surface area (Å²) in [7, 11) is 0. The molecular weight excluding hydrogens is 212 g/mol. The van der Waals surface area contributed by atoms with Crippen molar-refractivity contribution in [3.8, 4) is 0 Å². The molecule has 0 saturated heterocycles. The van der Waals surface area contributed by atoms with Crippen LogP contribution in [0, 0.1) is 17.3 Å². The lowest BCUT2D eigenvalue weighted by atomic mass is 9.98. The molecule has 2 N–H and O–H groups in total. The van der Waals surface area contributed by atoms with E-state index in [0.717, 1.165) is 17.9 Å². The average molecular weight is 236 g/mol. The highest BCUT2D eigenvalue weighted by molar-refractivity contribution is 5.23. The first-order valence-corrected chi connectivity index (χ1v) is 6.55. The molecule has 2 heteroatoms. The van der Waals surface area contributed by atoms with E-state index in [4.69, 9.17) is 0 Å². The van der Waals surface area contributed by atoms with Crippen LogP contribution in [0.1, 0.15) is 40.5 Å². The van der Waals surface area contributed by atoms with Crippen molar-refractivity contribution in [3.63, 3.8) is 0 Å². The number of allylic oxidation sites excluding steroid dienone is 2. The normalized spacial score (nSPS) is 41.1. The van der Waals surface area contributed by atoms with Gasteiger partial charge in [-0.2, -0.15) is 0 Å². The van der Waals surface area contributed by atoms with Gasteiger partial charge in [0.1, 0.15) is 12.2 Å². The van der Waals surface area contributed by atoms with Crippen LogP contribution in [-0.2, 0) is 0 Å². The smallest absolute Gasteiger partial charge is 0.104 e. The summed E-state index contributed by atoms with van der Waals surface area (Å²) >= 11 is 0. The van der Waals surface area contributed by atoms with Gasteiger partial charge < -0.3 is 10.2 Å². The van der Waals surface area contributed by atoms with Crippen LogP contribution in [0.2, 0.25) is 0 Å². The first kappa shape index (κ1) is 12.8. The molecule has 1 fully saturated rings. The highest BCUT2D eigenvalue weighted by Crippen LogP contribution is 2.61. The van der Waals surface area contributed by atoms with Crippen LogP contribution >= 0.6 is 0 Å². The number of hydrogen-bond acceptors (Lipinski definition) is 2. The molecule has 0 aromatic carbocycles. The van der Waals surface area contributed by atoms with Crippen molar-refractivity contribution in [2.24, 2.45) is 17.3 Å². The zero-order valence-corrected chi connectivity index (χ0v) is 11.3. The molecule has 0 radical (unpaired) electrons. The molecule has 4 unspecified atom stereocenters. The van der Waals surface area contributed by atoms with E-state index >= 15 is 0 Å². The number of hydrogen-bond donors (Lipinski definition) is 2. The maximum Gasteiger partial charge on any atom is 0.104 e. The Bertz CT molecular complexity index is 365. The summed E-state index contributed by atoms with van der Waals surface area (Å²) in [5.41, 5.74) is 2.45. The fraction of sp³-hybridized carbons (Fsp3) is 0.733. The van der Waals surface area contributed by atoms with Crippen molar-refractivity contribution in [2.75, 3.05) is 0 Å². The van der Waals surface area contributed by atoms with Gasteiger partial charge in [0.15, 0.2) is 0 Å². The third kappa shape index (κ3) is 2.34. The highest BCUT2D eigenvalue weighted by Gasteiger charge is 2.55. The van der Waals surface area contributed by atoms with E-state index < -0.39 is 12.2 Å². The maximum atomic E-state index is 10.0. The van der Waals surface area contributed by atoms with Crippen LogP contribution in [0.15, 0.2) is 23.3 Å². The van der Waals surface area contributed by atoms with E-state index in [0.29, 0.717) is 11.3 Å². The van der Waals surface area contributed by atoms with Gasteiger partial charge in [0, 0.05) is 0 Å². The molecule has 0 spiro atoms.